The average Bonchev–Trinajstić information content (AvgIpc) is 2.94. The lowest BCUT2D eigenvalue weighted by atomic mass is 10.1. The molecule has 2 N–H and O–H groups in total. The van der Waals surface area contributed by atoms with Gasteiger partial charge in [-0.1, -0.05) is 29.8 Å². The van der Waals surface area contributed by atoms with Crippen LogP contribution in [0, 0.1) is 13.8 Å². The highest BCUT2D eigenvalue weighted by atomic mass is 16.3. The number of H-pyrrole nitrogens is 1. The van der Waals surface area contributed by atoms with Gasteiger partial charge in [0.05, 0.1) is 31.6 Å². The van der Waals surface area contributed by atoms with E-state index in [2.05, 4.69) is 41.2 Å². The Morgan fingerprint density at radius 2 is 1.92 bits per heavy atom. The maximum atomic E-state index is 12.5. The zero-order chi connectivity index (χ0) is 17.5. The minimum absolute atomic E-state index is 0.00841. The molecule has 0 saturated carbocycles. The number of rotatable bonds is 8. The molecular weight excluding hydrogens is 304 g/mol. The summed E-state index contributed by atoms with van der Waals surface area (Å²) in [6.07, 6.45) is 1.73. The fourth-order valence-electron chi connectivity index (χ4n) is 2.56. The number of imidazole rings is 1. The van der Waals surface area contributed by atoms with Gasteiger partial charge in [-0.15, -0.1) is 0 Å². The number of aromatic amines is 1. The average molecular weight is 330 g/mol. The van der Waals surface area contributed by atoms with E-state index in [1.54, 1.807) is 11.1 Å². The summed E-state index contributed by atoms with van der Waals surface area (Å²) in [7, 11) is 1.93. The Bertz CT molecular complexity index is 651. The van der Waals surface area contributed by atoms with Crippen LogP contribution in [0.2, 0.25) is 0 Å². The van der Waals surface area contributed by atoms with Crippen molar-refractivity contribution in [1.82, 2.24) is 19.8 Å². The van der Waals surface area contributed by atoms with Gasteiger partial charge in [-0.3, -0.25) is 9.69 Å². The van der Waals surface area contributed by atoms with Gasteiger partial charge in [0.15, 0.2) is 0 Å². The van der Waals surface area contributed by atoms with E-state index >= 15 is 0 Å². The molecule has 0 aliphatic rings. The molecule has 0 aliphatic carbocycles. The third-order valence-electron chi connectivity index (χ3n) is 3.82. The van der Waals surface area contributed by atoms with Crippen molar-refractivity contribution in [1.29, 1.82) is 0 Å². The lowest BCUT2D eigenvalue weighted by Gasteiger charge is -2.24. The van der Waals surface area contributed by atoms with Crippen LogP contribution >= 0.6 is 0 Å². The van der Waals surface area contributed by atoms with Crippen molar-refractivity contribution in [3.05, 3.63) is 53.1 Å². The third-order valence-corrected chi connectivity index (χ3v) is 3.82. The molecule has 1 aromatic heterocycles. The van der Waals surface area contributed by atoms with Crippen molar-refractivity contribution < 1.29 is 9.90 Å². The number of hydrogen-bond acceptors (Lipinski definition) is 4. The summed E-state index contributed by atoms with van der Waals surface area (Å²) in [6.45, 7) is 5.63. The van der Waals surface area contributed by atoms with Crippen LogP contribution in [-0.4, -0.2) is 57.5 Å². The highest BCUT2D eigenvalue weighted by Crippen LogP contribution is 2.07. The van der Waals surface area contributed by atoms with E-state index in [4.69, 9.17) is 0 Å². The van der Waals surface area contributed by atoms with Crippen LogP contribution in [0.3, 0.4) is 0 Å². The van der Waals surface area contributed by atoms with E-state index in [1.807, 2.05) is 18.9 Å². The number of aliphatic hydroxyl groups excluding tert-OH is 1. The minimum Gasteiger partial charge on any atom is -0.395 e. The topological polar surface area (TPSA) is 72.5 Å². The molecule has 0 bridgehead atoms. The number of nitrogens with one attached hydrogen (secondary N) is 1. The molecule has 0 fully saturated rings. The molecule has 130 valence electrons. The second kappa shape index (κ2) is 8.61. The van der Waals surface area contributed by atoms with Gasteiger partial charge in [-0.05, 0) is 26.5 Å². The molecule has 0 spiro atoms. The predicted octanol–water partition coefficient (Wildman–Crippen LogP) is 1.48. The smallest absolute Gasteiger partial charge is 0.237 e. The van der Waals surface area contributed by atoms with E-state index in [-0.39, 0.29) is 12.5 Å². The first-order valence-electron chi connectivity index (χ1n) is 8.11. The number of hydrogen-bond donors (Lipinski definition) is 2. The number of aryl methyl sites for hydroxylation is 2. The van der Waals surface area contributed by atoms with Crippen molar-refractivity contribution in [2.45, 2.75) is 26.9 Å². The summed E-state index contributed by atoms with van der Waals surface area (Å²) in [6, 6.07) is 8.30. The molecule has 0 atom stereocenters. The molecule has 1 aromatic carbocycles. The fraction of sp³-hybridized carbons (Fsp3) is 0.444. The summed E-state index contributed by atoms with van der Waals surface area (Å²) >= 11 is 0. The Morgan fingerprint density at radius 1 is 1.21 bits per heavy atom. The first-order valence-corrected chi connectivity index (χ1v) is 8.11. The molecule has 2 aromatic rings. The quantitative estimate of drug-likeness (QED) is 0.769. The molecule has 0 radical (unpaired) electrons. The number of amides is 1. The monoisotopic (exact) mass is 330 g/mol. The number of benzene rings is 1. The Morgan fingerprint density at radius 3 is 2.50 bits per heavy atom. The highest BCUT2D eigenvalue weighted by Gasteiger charge is 2.16. The number of aromatic nitrogens is 2. The summed E-state index contributed by atoms with van der Waals surface area (Å²) in [5.74, 6) is 0.809. The standard InChI is InChI=1S/C18H26N4O2/c1-14-4-6-16(7-5-14)11-21(3)13-18(24)22(8-9-23)12-17-10-19-15(2)20-17/h4-7,10,23H,8-9,11-13H2,1-3H3,(H,19,20). The molecular formula is C18H26N4O2. The van der Waals surface area contributed by atoms with Gasteiger partial charge < -0.3 is 15.0 Å². The van der Waals surface area contributed by atoms with E-state index in [9.17, 15) is 9.90 Å². The lowest BCUT2D eigenvalue weighted by Crippen LogP contribution is -2.40. The first-order chi connectivity index (χ1) is 11.5. The van der Waals surface area contributed by atoms with Crippen molar-refractivity contribution in [2.75, 3.05) is 26.7 Å². The second-order valence-electron chi connectivity index (χ2n) is 6.19. The number of carbonyl (C=O) groups excluding carboxylic acids is 1. The lowest BCUT2D eigenvalue weighted by molar-refractivity contribution is -0.133. The molecule has 1 amide bonds. The molecule has 0 saturated heterocycles. The SMILES string of the molecule is Cc1ccc(CN(C)CC(=O)N(CCO)Cc2cnc(C)[nH]2)cc1. The molecule has 2 rings (SSSR count). The summed E-state index contributed by atoms with van der Waals surface area (Å²) in [5, 5.41) is 9.23. The van der Waals surface area contributed by atoms with Gasteiger partial charge in [-0.25, -0.2) is 4.98 Å². The molecule has 1 heterocycles. The van der Waals surface area contributed by atoms with Crippen LogP contribution < -0.4 is 0 Å². The van der Waals surface area contributed by atoms with Crippen LogP contribution in [0.5, 0.6) is 0 Å². The van der Waals surface area contributed by atoms with Gasteiger partial charge in [0.2, 0.25) is 5.91 Å². The normalized spacial score (nSPS) is 11.0. The molecule has 6 nitrogen and oxygen atoms in total. The molecule has 6 heteroatoms. The van der Waals surface area contributed by atoms with Gasteiger partial charge in [0.1, 0.15) is 5.82 Å². The Hall–Kier alpha value is -2.18. The van der Waals surface area contributed by atoms with Crippen LogP contribution in [0.25, 0.3) is 0 Å². The minimum atomic E-state index is -0.0550. The van der Waals surface area contributed by atoms with Crippen molar-refractivity contribution >= 4 is 5.91 Å². The van der Waals surface area contributed by atoms with Crippen LogP contribution in [0.4, 0.5) is 0 Å². The van der Waals surface area contributed by atoms with E-state index in [0.717, 1.165) is 11.5 Å². The van der Waals surface area contributed by atoms with Crippen LogP contribution in [-0.2, 0) is 17.9 Å². The second-order valence-corrected chi connectivity index (χ2v) is 6.19. The van der Waals surface area contributed by atoms with Gasteiger partial charge in [0.25, 0.3) is 0 Å². The summed E-state index contributed by atoms with van der Waals surface area (Å²) < 4.78 is 0. The van der Waals surface area contributed by atoms with Crippen molar-refractivity contribution in [3.63, 3.8) is 0 Å². The first kappa shape index (κ1) is 18.2. The number of carbonyl (C=O) groups is 1. The van der Waals surface area contributed by atoms with E-state index < -0.39 is 0 Å². The summed E-state index contributed by atoms with van der Waals surface area (Å²) in [4.78, 5) is 23.4. The molecule has 0 aliphatic heterocycles. The van der Waals surface area contributed by atoms with Gasteiger partial charge in [0, 0.05) is 13.1 Å². The fourth-order valence-corrected chi connectivity index (χ4v) is 2.56. The molecule has 24 heavy (non-hydrogen) atoms. The Labute approximate surface area is 143 Å². The van der Waals surface area contributed by atoms with Crippen LogP contribution in [0.1, 0.15) is 22.6 Å². The number of likely N-dealkylation sites (N-methyl/N-ethyl adjacent to an activating group) is 1. The third kappa shape index (κ3) is 5.47. The Balaban J connectivity index is 1.92. The van der Waals surface area contributed by atoms with Crippen LogP contribution in [0.15, 0.2) is 30.5 Å². The predicted molar refractivity (Wildman–Crippen MR) is 93.3 cm³/mol. The molecule has 0 unspecified atom stereocenters. The highest BCUT2D eigenvalue weighted by molar-refractivity contribution is 5.78. The van der Waals surface area contributed by atoms with Gasteiger partial charge >= 0.3 is 0 Å². The zero-order valence-electron chi connectivity index (χ0n) is 14.6. The Kier molecular flexibility index (Phi) is 6.52. The summed E-state index contributed by atoms with van der Waals surface area (Å²) in [5.41, 5.74) is 3.27. The van der Waals surface area contributed by atoms with Crippen molar-refractivity contribution in [2.24, 2.45) is 0 Å². The van der Waals surface area contributed by atoms with E-state index in [1.165, 1.54) is 11.1 Å². The van der Waals surface area contributed by atoms with Crippen molar-refractivity contribution in [3.8, 4) is 0 Å². The van der Waals surface area contributed by atoms with E-state index in [0.29, 0.717) is 26.2 Å². The number of aliphatic hydroxyl groups is 1. The number of nitrogens with zero attached hydrogens (tertiary/aromatic N) is 3. The largest absolute Gasteiger partial charge is 0.395 e. The maximum absolute atomic E-state index is 12.5. The zero-order valence-corrected chi connectivity index (χ0v) is 14.6. The van der Waals surface area contributed by atoms with Gasteiger partial charge in [-0.2, -0.15) is 0 Å². The maximum Gasteiger partial charge on any atom is 0.237 e.